The molecule has 4 nitrogen and oxygen atoms in total. The Bertz CT molecular complexity index is 163. The zero-order valence-electron chi connectivity index (χ0n) is 12.7. The number of carbonyl (C=O) groups is 2. The van der Waals surface area contributed by atoms with Crippen LogP contribution in [-0.4, -0.2) is 56.4 Å². The van der Waals surface area contributed by atoms with Crippen LogP contribution >= 0.6 is 21.6 Å². The Morgan fingerprint density at radius 1 is 1.16 bits per heavy atom. The first-order chi connectivity index (χ1) is 9.31. The minimum absolute atomic E-state index is 0.511. The lowest BCUT2D eigenvalue weighted by Crippen LogP contribution is -2.23. The van der Waals surface area contributed by atoms with Gasteiger partial charge in [-0.15, -0.1) is 0 Å². The Morgan fingerprint density at radius 2 is 1.74 bits per heavy atom. The third-order valence-corrected chi connectivity index (χ3v) is 4.39. The van der Waals surface area contributed by atoms with Gasteiger partial charge in [0.1, 0.15) is 6.79 Å². The van der Waals surface area contributed by atoms with Gasteiger partial charge in [-0.25, -0.2) is 0 Å². The Labute approximate surface area is 126 Å². The van der Waals surface area contributed by atoms with Gasteiger partial charge in [0.05, 0.1) is 6.61 Å². The average molecular weight is 312 g/mol. The number of hydrogen-bond donors (Lipinski definition) is 0. The zero-order chi connectivity index (χ0) is 15.4. The number of carbonyl (C=O) groups excluding carboxylic acids is 2. The van der Waals surface area contributed by atoms with Crippen molar-refractivity contribution < 1.29 is 14.3 Å². The molecule has 0 saturated carbocycles. The van der Waals surface area contributed by atoms with Crippen molar-refractivity contribution in [1.82, 2.24) is 4.90 Å². The van der Waals surface area contributed by atoms with Gasteiger partial charge in [0.2, 0.25) is 0 Å². The lowest BCUT2D eigenvalue weighted by atomic mass is 10.4. The molecular formula is C13H29NO3S2. The Morgan fingerprint density at radius 3 is 2.26 bits per heavy atom. The molecule has 0 spiro atoms. The van der Waals surface area contributed by atoms with Crippen molar-refractivity contribution in [2.45, 2.75) is 33.6 Å². The standard InChI is InChI=1S/C10H21NO2S2.C2H6.CH2O/c1-3-8-14-15-9-6-11(2)5-4-7-13-10-12;2*1-2/h10H,3-9H2,1-2H3;1-2H3;1H2. The molecule has 0 amide bonds. The Hall–Kier alpha value is -0.200. The smallest absolute Gasteiger partial charge is 0.293 e. The maximum atomic E-state index is 9.88. The SMILES string of the molecule is C=O.CC.CCCSSCCN(C)CCCOC=O. The summed E-state index contributed by atoms with van der Waals surface area (Å²) in [5, 5.41) is 0. The van der Waals surface area contributed by atoms with E-state index in [0.29, 0.717) is 13.1 Å². The molecule has 0 saturated heterocycles. The predicted octanol–water partition coefficient (Wildman–Crippen LogP) is 3.11. The first kappa shape index (κ1) is 23.9. The van der Waals surface area contributed by atoms with Gasteiger partial charge >= 0.3 is 0 Å². The third-order valence-electron chi connectivity index (χ3n) is 1.80. The topological polar surface area (TPSA) is 46.6 Å². The summed E-state index contributed by atoms with van der Waals surface area (Å²) in [6.45, 7) is 11.3. The molecule has 0 bridgehead atoms. The molecule has 0 aliphatic rings. The fourth-order valence-electron chi connectivity index (χ4n) is 0.972. The normalized spacial score (nSPS) is 8.89. The highest BCUT2D eigenvalue weighted by molar-refractivity contribution is 8.76. The van der Waals surface area contributed by atoms with Crippen molar-refractivity contribution in [2.75, 3.05) is 38.2 Å². The second kappa shape index (κ2) is 26.4. The molecule has 0 aromatic carbocycles. The minimum atomic E-state index is 0.511. The largest absolute Gasteiger partial charge is 0.468 e. The molecule has 0 unspecified atom stereocenters. The van der Waals surface area contributed by atoms with Crippen LogP contribution < -0.4 is 0 Å². The van der Waals surface area contributed by atoms with Gasteiger partial charge in [0.15, 0.2) is 0 Å². The highest BCUT2D eigenvalue weighted by Gasteiger charge is 1.98. The van der Waals surface area contributed by atoms with E-state index in [1.54, 1.807) is 0 Å². The fraction of sp³-hybridized carbons (Fsp3) is 0.846. The lowest BCUT2D eigenvalue weighted by Gasteiger charge is -2.15. The Balaban J connectivity index is -0.000000579. The van der Waals surface area contributed by atoms with Gasteiger partial charge in [-0.3, -0.25) is 4.79 Å². The summed E-state index contributed by atoms with van der Waals surface area (Å²) in [6, 6.07) is 0. The summed E-state index contributed by atoms with van der Waals surface area (Å²) in [5.41, 5.74) is 0. The molecule has 19 heavy (non-hydrogen) atoms. The average Bonchev–Trinajstić information content (AvgIpc) is 2.48. The van der Waals surface area contributed by atoms with Crippen LogP contribution in [0.2, 0.25) is 0 Å². The molecule has 0 fully saturated rings. The molecule has 0 aliphatic carbocycles. The maximum absolute atomic E-state index is 9.88. The minimum Gasteiger partial charge on any atom is -0.468 e. The van der Waals surface area contributed by atoms with Crippen molar-refractivity contribution >= 4 is 34.8 Å². The summed E-state index contributed by atoms with van der Waals surface area (Å²) in [7, 11) is 5.99. The van der Waals surface area contributed by atoms with Gasteiger partial charge in [0, 0.05) is 24.6 Å². The molecule has 0 rings (SSSR count). The van der Waals surface area contributed by atoms with Gasteiger partial charge in [0.25, 0.3) is 6.47 Å². The van der Waals surface area contributed by atoms with Gasteiger partial charge in [-0.1, -0.05) is 42.4 Å². The van der Waals surface area contributed by atoms with Crippen LogP contribution in [0, 0.1) is 0 Å². The van der Waals surface area contributed by atoms with Crippen LogP contribution in [0.1, 0.15) is 33.6 Å². The van der Waals surface area contributed by atoms with Crippen LogP contribution in [0.4, 0.5) is 0 Å². The molecule has 0 atom stereocenters. The van der Waals surface area contributed by atoms with Crippen LogP contribution in [0.3, 0.4) is 0 Å². The second-order valence-electron chi connectivity index (χ2n) is 3.27. The second-order valence-corrected chi connectivity index (χ2v) is 5.97. The van der Waals surface area contributed by atoms with Gasteiger partial charge in [-0.2, -0.15) is 0 Å². The van der Waals surface area contributed by atoms with E-state index in [4.69, 9.17) is 4.79 Å². The predicted molar refractivity (Wildman–Crippen MR) is 87.8 cm³/mol. The molecule has 6 heteroatoms. The van der Waals surface area contributed by atoms with Crippen molar-refractivity contribution in [1.29, 1.82) is 0 Å². The van der Waals surface area contributed by atoms with Crippen molar-refractivity contribution in [3.63, 3.8) is 0 Å². The van der Waals surface area contributed by atoms with Crippen LogP contribution in [0.25, 0.3) is 0 Å². The quantitative estimate of drug-likeness (QED) is 0.332. The van der Waals surface area contributed by atoms with Crippen LogP contribution in [-0.2, 0) is 14.3 Å². The maximum Gasteiger partial charge on any atom is 0.293 e. The Kier molecular flexibility index (Phi) is 33.1. The molecule has 0 aromatic rings. The summed E-state index contributed by atoms with van der Waals surface area (Å²) in [4.78, 5) is 20.2. The molecule has 0 aromatic heterocycles. The zero-order valence-corrected chi connectivity index (χ0v) is 14.4. The summed E-state index contributed by atoms with van der Waals surface area (Å²) < 4.78 is 4.62. The molecule has 0 N–H and O–H groups in total. The molecule has 116 valence electrons. The van der Waals surface area contributed by atoms with Crippen molar-refractivity contribution in [2.24, 2.45) is 0 Å². The lowest BCUT2D eigenvalue weighted by molar-refractivity contribution is -0.128. The van der Waals surface area contributed by atoms with Gasteiger partial charge < -0.3 is 14.4 Å². The first-order valence-corrected chi connectivity index (χ1v) is 9.07. The molecule has 0 heterocycles. The van der Waals surface area contributed by atoms with E-state index >= 15 is 0 Å². The van der Waals surface area contributed by atoms with E-state index in [0.717, 1.165) is 25.3 Å². The highest BCUT2D eigenvalue weighted by atomic mass is 33.1. The number of ether oxygens (including phenoxy) is 1. The first-order valence-electron chi connectivity index (χ1n) is 6.58. The van der Waals surface area contributed by atoms with Crippen molar-refractivity contribution in [3.05, 3.63) is 0 Å². The molecular weight excluding hydrogens is 282 g/mol. The van der Waals surface area contributed by atoms with E-state index in [1.165, 1.54) is 12.2 Å². The van der Waals surface area contributed by atoms with E-state index in [9.17, 15) is 4.79 Å². The number of nitrogens with zero attached hydrogens (tertiary/aromatic N) is 1. The molecule has 0 aliphatic heterocycles. The van der Waals surface area contributed by atoms with E-state index < -0.39 is 0 Å². The monoisotopic (exact) mass is 311 g/mol. The van der Waals surface area contributed by atoms with Gasteiger partial charge in [-0.05, 0) is 19.9 Å². The summed E-state index contributed by atoms with van der Waals surface area (Å²) >= 11 is 0. The highest BCUT2D eigenvalue weighted by Crippen LogP contribution is 2.21. The number of hydrogen-bond acceptors (Lipinski definition) is 6. The summed E-state index contributed by atoms with van der Waals surface area (Å²) in [5.74, 6) is 2.40. The van der Waals surface area contributed by atoms with E-state index in [1.807, 2.05) is 42.2 Å². The fourth-order valence-corrected chi connectivity index (χ4v) is 3.19. The van der Waals surface area contributed by atoms with E-state index in [2.05, 4.69) is 23.6 Å². The van der Waals surface area contributed by atoms with E-state index in [-0.39, 0.29) is 0 Å². The van der Waals surface area contributed by atoms with Crippen LogP contribution in [0.5, 0.6) is 0 Å². The van der Waals surface area contributed by atoms with Crippen LogP contribution in [0.15, 0.2) is 0 Å². The van der Waals surface area contributed by atoms with Crippen molar-refractivity contribution in [3.8, 4) is 0 Å². The number of rotatable bonds is 11. The molecule has 0 radical (unpaired) electrons. The summed E-state index contributed by atoms with van der Waals surface area (Å²) in [6.07, 6.45) is 2.17. The third kappa shape index (κ3) is 27.1.